The highest BCUT2D eigenvalue weighted by molar-refractivity contribution is 5.87. The first-order chi connectivity index (χ1) is 11.8. The summed E-state index contributed by atoms with van der Waals surface area (Å²) in [6.07, 6.45) is 0.640. The number of para-hydroxylation sites is 1. The minimum atomic E-state index is -0.332. The van der Waals surface area contributed by atoms with Crippen LogP contribution in [0.5, 0.6) is 0 Å². The van der Waals surface area contributed by atoms with Gasteiger partial charge in [-0.1, -0.05) is 48.5 Å². The number of ether oxygens (including phenoxy) is 1. The van der Waals surface area contributed by atoms with E-state index in [1.165, 1.54) is 10.9 Å². The molecule has 0 amide bonds. The molecule has 4 rings (SSSR count). The number of aromatic nitrogens is 1. The molecule has 2 N–H and O–H groups in total. The standard InChI is InChI=1S/C20H20N2O2/c1-2-24-20(23)17-12-15-14-10-6-7-11-16(14)21-19(15)18(22-17)13-8-4-3-5-9-13/h3-11,17-18,21-22H,2,12H2,1H3/t17-,18-/m0/s1. The van der Waals surface area contributed by atoms with Crippen LogP contribution in [0.3, 0.4) is 0 Å². The van der Waals surface area contributed by atoms with E-state index in [1.807, 2.05) is 37.3 Å². The Bertz CT molecular complexity index is 870. The van der Waals surface area contributed by atoms with Crippen molar-refractivity contribution in [3.05, 3.63) is 71.4 Å². The first-order valence-corrected chi connectivity index (χ1v) is 8.35. The average molecular weight is 320 g/mol. The Hall–Kier alpha value is -2.59. The normalized spacial score (nSPS) is 19.9. The van der Waals surface area contributed by atoms with Crippen LogP contribution < -0.4 is 5.32 Å². The molecule has 0 spiro atoms. The third-order valence-electron chi connectivity index (χ3n) is 4.62. The van der Waals surface area contributed by atoms with E-state index >= 15 is 0 Å². The van der Waals surface area contributed by atoms with Crippen LogP contribution in [0.25, 0.3) is 10.9 Å². The van der Waals surface area contributed by atoms with E-state index in [0.29, 0.717) is 13.0 Å². The summed E-state index contributed by atoms with van der Waals surface area (Å²) in [5.74, 6) is -0.186. The first-order valence-electron chi connectivity index (χ1n) is 8.35. The maximum atomic E-state index is 12.3. The van der Waals surface area contributed by atoms with Gasteiger partial charge in [0.15, 0.2) is 0 Å². The SMILES string of the molecule is CCOC(=O)[C@@H]1Cc2c([nH]c3ccccc23)[C@H](c2ccccc2)N1. The second-order valence-electron chi connectivity index (χ2n) is 6.08. The van der Waals surface area contributed by atoms with Crippen LogP contribution in [-0.2, 0) is 16.0 Å². The van der Waals surface area contributed by atoms with Crippen LogP contribution in [0.4, 0.5) is 0 Å². The second-order valence-corrected chi connectivity index (χ2v) is 6.08. The first kappa shape index (κ1) is 15.0. The summed E-state index contributed by atoms with van der Waals surface area (Å²) in [6.45, 7) is 2.24. The molecule has 0 unspecified atom stereocenters. The fourth-order valence-corrected chi connectivity index (χ4v) is 3.54. The van der Waals surface area contributed by atoms with E-state index in [0.717, 1.165) is 16.8 Å². The summed E-state index contributed by atoms with van der Waals surface area (Å²) in [6, 6.07) is 18.1. The van der Waals surface area contributed by atoms with E-state index in [9.17, 15) is 4.79 Å². The van der Waals surface area contributed by atoms with Crippen molar-refractivity contribution in [3.8, 4) is 0 Å². The third kappa shape index (κ3) is 2.49. The molecule has 2 atom stereocenters. The lowest BCUT2D eigenvalue weighted by Gasteiger charge is -2.30. The quantitative estimate of drug-likeness (QED) is 0.728. The summed E-state index contributed by atoms with van der Waals surface area (Å²) < 4.78 is 5.26. The molecule has 0 saturated heterocycles. The van der Waals surface area contributed by atoms with Gasteiger partial charge < -0.3 is 9.72 Å². The second kappa shape index (κ2) is 6.13. The van der Waals surface area contributed by atoms with Crippen molar-refractivity contribution in [2.45, 2.75) is 25.4 Å². The predicted molar refractivity (Wildman–Crippen MR) is 93.8 cm³/mol. The number of H-pyrrole nitrogens is 1. The molecule has 1 aromatic heterocycles. The van der Waals surface area contributed by atoms with Crippen LogP contribution in [0.1, 0.15) is 29.8 Å². The minimum Gasteiger partial charge on any atom is -0.465 e. The van der Waals surface area contributed by atoms with Crippen molar-refractivity contribution in [1.82, 2.24) is 10.3 Å². The van der Waals surface area contributed by atoms with Crippen LogP contribution in [-0.4, -0.2) is 23.6 Å². The molecule has 0 radical (unpaired) electrons. The molecule has 4 heteroatoms. The number of benzene rings is 2. The number of carbonyl (C=O) groups excluding carboxylic acids is 1. The van der Waals surface area contributed by atoms with Gasteiger partial charge in [-0.15, -0.1) is 0 Å². The van der Waals surface area contributed by atoms with E-state index in [4.69, 9.17) is 4.74 Å². The molecule has 3 aromatic rings. The topological polar surface area (TPSA) is 54.1 Å². The van der Waals surface area contributed by atoms with Crippen LogP contribution in [0, 0.1) is 0 Å². The molecular weight excluding hydrogens is 300 g/mol. The Morgan fingerprint density at radius 1 is 1.12 bits per heavy atom. The number of hydrogen-bond donors (Lipinski definition) is 2. The van der Waals surface area contributed by atoms with Gasteiger partial charge in [0.25, 0.3) is 0 Å². The zero-order valence-corrected chi connectivity index (χ0v) is 13.6. The molecule has 1 aliphatic rings. The molecule has 0 bridgehead atoms. The molecule has 122 valence electrons. The number of carbonyl (C=O) groups is 1. The highest BCUT2D eigenvalue weighted by Gasteiger charge is 2.34. The highest BCUT2D eigenvalue weighted by Crippen LogP contribution is 2.35. The number of aromatic amines is 1. The van der Waals surface area contributed by atoms with Crippen molar-refractivity contribution in [1.29, 1.82) is 0 Å². The molecule has 1 aliphatic heterocycles. The third-order valence-corrected chi connectivity index (χ3v) is 4.62. The fourth-order valence-electron chi connectivity index (χ4n) is 3.54. The smallest absolute Gasteiger partial charge is 0.323 e. The monoisotopic (exact) mass is 320 g/mol. The summed E-state index contributed by atoms with van der Waals surface area (Å²) in [4.78, 5) is 15.9. The van der Waals surface area contributed by atoms with Crippen LogP contribution in [0.15, 0.2) is 54.6 Å². The molecule has 4 nitrogen and oxygen atoms in total. The Labute approximate surface area is 140 Å². The van der Waals surface area contributed by atoms with Gasteiger partial charge >= 0.3 is 5.97 Å². The largest absolute Gasteiger partial charge is 0.465 e. The summed E-state index contributed by atoms with van der Waals surface area (Å²) in [5, 5.41) is 4.65. The maximum Gasteiger partial charge on any atom is 0.323 e. The predicted octanol–water partition coefficient (Wildman–Crippen LogP) is 3.33. The van der Waals surface area contributed by atoms with E-state index < -0.39 is 0 Å². The van der Waals surface area contributed by atoms with Crippen molar-refractivity contribution in [3.63, 3.8) is 0 Å². The van der Waals surface area contributed by atoms with Gasteiger partial charge in [-0.25, -0.2) is 0 Å². The highest BCUT2D eigenvalue weighted by atomic mass is 16.5. The number of nitrogens with one attached hydrogen (secondary N) is 2. The van der Waals surface area contributed by atoms with E-state index in [2.05, 4.69) is 34.6 Å². The summed E-state index contributed by atoms with van der Waals surface area (Å²) >= 11 is 0. The molecule has 0 aliphatic carbocycles. The lowest BCUT2D eigenvalue weighted by Crippen LogP contribution is -2.45. The van der Waals surface area contributed by atoms with E-state index in [-0.39, 0.29) is 18.1 Å². The van der Waals surface area contributed by atoms with Crippen molar-refractivity contribution >= 4 is 16.9 Å². The number of hydrogen-bond acceptors (Lipinski definition) is 3. The molecule has 2 heterocycles. The van der Waals surface area contributed by atoms with Crippen LogP contribution in [0.2, 0.25) is 0 Å². The molecule has 24 heavy (non-hydrogen) atoms. The summed E-state index contributed by atoms with van der Waals surface area (Å²) in [5.41, 5.74) is 4.59. The molecule has 2 aromatic carbocycles. The average Bonchev–Trinajstić information content (AvgIpc) is 3.00. The van der Waals surface area contributed by atoms with Crippen molar-refractivity contribution in [2.75, 3.05) is 6.61 Å². The van der Waals surface area contributed by atoms with Gasteiger partial charge in [-0.3, -0.25) is 10.1 Å². The molecule has 0 saturated carbocycles. The maximum absolute atomic E-state index is 12.3. The van der Waals surface area contributed by atoms with Gasteiger partial charge in [0.1, 0.15) is 6.04 Å². The van der Waals surface area contributed by atoms with E-state index in [1.54, 1.807) is 0 Å². The van der Waals surface area contributed by atoms with Crippen molar-refractivity contribution < 1.29 is 9.53 Å². The Morgan fingerprint density at radius 3 is 2.67 bits per heavy atom. The van der Waals surface area contributed by atoms with Gasteiger partial charge in [0.2, 0.25) is 0 Å². The van der Waals surface area contributed by atoms with Gasteiger partial charge in [0, 0.05) is 23.0 Å². The Morgan fingerprint density at radius 2 is 1.88 bits per heavy atom. The van der Waals surface area contributed by atoms with Gasteiger partial charge in [0.05, 0.1) is 12.6 Å². The lowest BCUT2D eigenvalue weighted by molar-refractivity contribution is -0.146. The molecular formula is C20H20N2O2. The fraction of sp³-hybridized carbons (Fsp3) is 0.250. The summed E-state index contributed by atoms with van der Waals surface area (Å²) in [7, 11) is 0. The van der Waals surface area contributed by atoms with Crippen LogP contribution >= 0.6 is 0 Å². The molecule has 0 fully saturated rings. The number of fused-ring (bicyclic) bond motifs is 3. The Balaban J connectivity index is 1.83. The number of rotatable bonds is 3. The minimum absolute atomic E-state index is 0.0447. The lowest BCUT2D eigenvalue weighted by atomic mass is 9.90. The van der Waals surface area contributed by atoms with Gasteiger partial charge in [-0.2, -0.15) is 0 Å². The van der Waals surface area contributed by atoms with Crippen molar-refractivity contribution in [2.24, 2.45) is 0 Å². The number of esters is 1. The van der Waals surface area contributed by atoms with Gasteiger partial charge in [-0.05, 0) is 24.1 Å². The Kier molecular flexibility index (Phi) is 3.82. The zero-order chi connectivity index (χ0) is 16.5. The zero-order valence-electron chi connectivity index (χ0n) is 13.6.